The van der Waals surface area contributed by atoms with Gasteiger partial charge in [-0.1, -0.05) is 24.3 Å². The van der Waals surface area contributed by atoms with Crippen molar-refractivity contribution in [1.29, 1.82) is 0 Å². The van der Waals surface area contributed by atoms with Gasteiger partial charge in [0.2, 0.25) is 0 Å². The summed E-state index contributed by atoms with van der Waals surface area (Å²) in [5.74, 6) is 1.68. The highest BCUT2D eigenvalue weighted by Gasteiger charge is 2.23. The summed E-state index contributed by atoms with van der Waals surface area (Å²) in [7, 11) is 0. The van der Waals surface area contributed by atoms with Crippen LogP contribution in [0.3, 0.4) is 0 Å². The molecule has 2 nitrogen and oxygen atoms in total. The first kappa shape index (κ1) is 14.3. The van der Waals surface area contributed by atoms with E-state index in [2.05, 4.69) is 23.6 Å². The predicted molar refractivity (Wildman–Crippen MR) is 86.2 cm³/mol. The lowest BCUT2D eigenvalue weighted by Crippen LogP contribution is -2.17. The Bertz CT molecular complexity index is 589. The van der Waals surface area contributed by atoms with Crippen molar-refractivity contribution < 1.29 is 9.53 Å². The van der Waals surface area contributed by atoms with Crippen molar-refractivity contribution >= 4 is 17.1 Å². The molecule has 0 amide bonds. The van der Waals surface area contributed by atoms with E-state index < -0.39 is 0 Å². The average molecular weight is 300 g/mol. The van der Waals surface area contributed by atoms with E-state index in [0.29, 0.717) is 24.5 Å². The number of thiophene rings is 1. The number of Topliss-reactive ketones (excluding diaryl/α,β-unsaturated/α-hetero) is 1. The second-order valence-electron chi connectivity index (χ2n) is 5.55. The van der Waals surface area contributed by atoms with Crippen molar-refractivity contribution in [2.75, 3.05) is 6.61 Å². The lowest BCUT2D eigenvalue weighted by Gasteiger charge is -2.25. The average Bonchev–Trinajstić information content (AvgIpc) is 3.01. The molecule has 21 heavy (non-hydrogen) atoms. The van der Waals surface area contributed by atoms with E-state index in [4.69, 9.17) is 4.74 Å². The fraction of sp³-hybridized carbons (Fsp3) is 0.389. The minimum Gasteiger partial charge on any atom is -0.493 e. The third-order valence-electron chi connectivity index (χ3n) is 4.02. The molecule has 1 unspecified atom stereocenters. The Morgan fingerprint density at radius 3 is 3.00 bits per heavy atom. The molecule has 2 aromatic rings. The number of ketones is 1. The van der Waals surface area contributed by atoms with Gasteiger partial charge in [0.25, 0.3) is 0 Å². The molecule has 0 saturated heterocycles. The number of hydrogen-bond donors (Lipinski definition) is 0. The van der Waals surface area contributed by atoms with Gasteiger partial charge in [0.15, 0.2) is 0 Å². The zero-order valence-corrected chi connectivity index (χ0v) is 12.9. The van der Waals surface area contributed by atoms with E-state index >= 15 is 0 Å². The largest absolute Gasteiger partial charge is 0.493 e. The Hall–Kier alpha value is -1.61. The van der Waals surface area contributed by atoms with Gasteiger partial charge in [0.1, 0.15) is 11.5 Å². The summed E-state index contributed by atoms with van der Waals surface area (Å²) in [5, 5.41) is 2.09. The highest BCUT2D eigenvalue weighted by molar-refractivity contribution is 7.09. The number of benzene rings is 1. The first-order chi connectivity index (χ1) is 10.3. The summed E-state index contributed by atoms with van der Waals surface area (Å²) >= 11 is 1.77. The van der Waals surface area contributed by atoms with Gasteiger partial charge in [-0.25, -0.2) is 0 Å². The molecule has 1 aromatic heterocycles. The lowest BCUT2D eigenvalue weighted by atomic mass is 9.88. The molecular formula is C18H20O2S. The van der Waals surface area contributed by atoms with Gasteiger partial charge in [-0.2, -0.15) is 0 Å². The molecule has 0 spiro atoms. The number of fused-ring (bicyclic) bond motifs is 1. The Morgan fingerprint density at radius 1 is 1.24 bits per heavy atom. The molecule has 3 heteroatoms. The lowest BCUT2D eigenvalue weighted by molar-refractivity contribution is -0.119. The second kappa shape index (κ2) is 6.90. The van der Waals surface area contributed by atoms with Crippen LogP contribution in [0.4, 0.5) is 0 Å². The van der Waals surface area contributed by atoms with E-state index in [0.717, 1.165) is 31.6 Å². The first-order valence-corrected chi connectivity index (χ1v) is 8.46. The minimum absolute atomic E-state index is 0.337. The monoisotopic (exact) mass is 300 g/mol. The normalized spacial score (nSPS) is 17.0. The fourth-order valence-electron chi connectivity index (χ4n) is 2.92. The number of para-hydroxylation sites is 1. The molecule has 2 heterocycles. The van der Waals surface area contributed by atoms with Crippen LogP contribution in [0.25, 0.3) is 0 Å². The van der Waals surface area contributed by atoms with E-state index in [9.17, 15) is 4.79 Å². The standard InChI is InChI=1S/C18H20O2S/c19-15(5-3-6-16-7-4-12-21-16)13-14-10-11-20-18-9-2-1-8-17(14)18/h1-2,4,7-9,12,14H,3,5-6,10-11,13H2. The molecular weight excluding hydrogens is 280 g/mol. The van der Waals surface area contributed by atoms with Crippen molar-refractivity contribution in [3.05, 3.63) is 52.2 Å². The summed E-state index contributed by atoms with van der Waals surface area (Å²) in [6, 6.07) is 12.3. The number of rotatable bonds is 6. The number of ether oxygens (including phenoxy) is 1. The molecule has 1 atom stereocenters. The van der Waals surface area contributed by atoms with Crippen LogP contribution in [-0.2, 0) is 11.2 Å². The Morgan fingerprint density at radius 2 is 2.14 bits per heavy atom. The van der Waals surface area contributed by atoms with Crippen molar-refractivity contribution in [1.82, 2.24) is 0 Å². The summed E-state index contributed by atoms with van der Waals surface area (Å²) in [5.41, 5.74) is 1.20. The molecule has 0 N–H and O–H groups in total. The maximum Gasteiger partial charge on any atom is 0.133 e. The molecule has 0 bridgehead atoms. The van der Waals surface area contributed by atoms with E-state index in [1.54, 1.807) is 11.3 Å². The van der Waals surface area contributed by atoms with E-state index in [1.807, 2.05) is 18.2 Å². The van der Waals surface area contributed by atoms with Gasteiger partial charge >= 0.3 is 0 Å². The highest BCUT2D eigenvalue weighted by Crippen LogP contribution is 2.35. The molecule has 1 aliphatic heterocycles. The predicted octanol–water partition coefficient (Wildman–Crippen LogP) is 4.60. The van der Waals surface area contributed by atoms with Crippen molar-refractivity contribution in [2.45, 2.75) is 38.0 Å². The highest BCUT2D eigenvalue weighted by atomic mass is 32.1. The number of carbonyl (C=O) groups is 1. The zero-order chi connectivity index (χ0) is 14.5. The van der Waals surface area contributed by atoms with Crippen LogP contribution in [0.2, 0.25) is 0 Å². The number of carbonyl (C=O) groups excluding carboxylic acids is 1. The van der Waals surface area contributed by atoms with Gasteiger partial charge in [-0.05, 0) is 48.3 Å². The van der Waals surface area contributed by atoms with Crippen LogP contribution in [0.15, 0.2) is 41.8 Å². The first-order valence-electron chi connectivity index (χ1n) is 7.59. The Kier molecular flexibility index (Phi) is 4.71. The minimum atomic E-state index is 0.337. The van der Waals surface area contributed by atoms with Crippen molar-refractivity contribution in [3.8, 4) is 5.75 Å². The molecule has 110 valence electrons. The fourth-order valence-corrected chi connectivity index (χ4v) is 3.67. The van der Waals surface area contributed by atoms with Gasteiger partial charge < -0.3 is 4.74 Å². The van der Waals surface area contributed by atoms with Crippen LogP contribution >= 0.6 is 11.3 Å². The van der Waals surface area contributed by atoms with Crippen molar-refractivity contribution in [2.24, 2.45) is 0 Å². The molecule has 0 radical (unpaired) electrons. The Balaban J connectivity index is 1.51. The molecule has 0 aliphatic carbocycles. The van der Waals surface area contributed by atoms with Gasteiger partial charge in [0, 0.05) is 17.7 Å². The van der Waals surface area contributed by atoms with Crippen molar-refractivity contribution in [3.63, 3.8) is 0 Å². The van der Waals surface area contributed by atoms with Gasteiger partial charge in [-0.3, -0.25) is 4.79 Å². The molecule has 0 fully saturated rings. The maximum atomic E-state index is 12.2. The SMILES string of the molecule is O=C(CCCc1cccs1)CC1CCOc2ccccc21. The number of aryl methyl sites for hydroxylation is 1. The molecule has 1 aliphatic rings. The second-order valence-corrected chi connectivity index (χ2v) is 6.58. The third-order valence-corrected chi connectivity index (χ3v) is 4.95. The zero-order valence-electron chi connectivity index (χ0n) is 12.1. The van der Waals surface area contributed by atoms with Gasteiger partial charge in [-0.15, -0.1) is 11.3 Å². The quantitative estimate of drug-likeness (QED) is 0.779. The van der Waals surface area contributed by atoms with Crippen LogP contribution in [0, 0.1) is 0 Å². The summed E-state index contributed by atoms with van der Waals surface area (Å²) < 4.78 is 5.66. The third kappa shape index (κ3) is 3.73. The summed E-state index contributed by atoms with van der Waals surface area (Å²) in [6.07, 6.45) is 4.29. The Labute approximate surface area is 129 Å². The topological polar surface area (TPSA) is 26.3 Å². The van der Waals surface area contributed by atoms with Crippen LogP contribution in [0.5, 0.6) is 5.75 Å². The molecule has 1 aromatic carbocycles. The van der Waals surface area contributed by atoms with E-state index in [-0.39, 0.29) is 0 Å². The summed E-state index contributed by atoms with van der Waals surface area (Å²) in [4.78, 5) is 13.6. The van der Waals surface area contributed by atoms with Gasteiger partial charge in [0.05, 0.1) is 6.61 Å². The van der Waals surface area contributed by atoms with Crippen LogP contribution in [-0.4, -0.2) is 12.4 Å². The smallest absolute Gasteiger partial charge is 0.133 e. The number of hydrogen-bond acceptors (Lipinski definition) is 3. The molecule has 0 saturated carbocycles. The van der Waals surface area contributed by atoms with Crippen LogP contribution < -0.4 is 4.74 Å². The van der Waals surface area contributed by atoms with Crippen LogP contribution in [0.1, 0.15) is 42.0 Å². The van der Waals surface area contributed by atoms with E-state index in [1.165, 1.54) is 10.4 Å². The maximum absolute atomic E-state index is 12.2. The summed E-state index contributed by atoms with van der Waals surface area (Å²) in [6.45, 7) is 0.726. The molecule has 3 rings (SSSR count).